The number of nitrogens with zero attached hydrogens (tertiary/aromatic N) is 5. The van der Waals surface area contributed by atoms with Gasteiger partial charge in [-0.15, -0.1) is 0 Å². The Labute approximate surface area is 169 Å². The molecule has 2 amide bonds. The van der Waals surface area contributed by atoms with Crippen LogP contribution in [0.1, 0.15) is 35.3 Å². The summed E-state index contributed by atoms with van der Waals surface area (Å²) in [7, 11) is 0. The fraction of sp³-hybridized carbons (Fsp3) is 0.429. The SMILES string of the molecule is NC1CCN(C(=O)c2cnc(N3CCc4cc(N5CCCC5=O)ccc43)cn2)C1. The molecule has 1 atom stereocenters. The Kier molecular flexibility index (Phi) is 4.43. The molecule has 150 valence electrons. The van der Waals surface area contributed by atoms with Crippen molar-refractivity contribution in [2.75, 3.05) is 36.0 Å². The lowest BCUT2D eigenvalue weighted by Crippen LogP contribution is -2.32. The van der Waals surface area contributed by atoms with E-state index in [9.17, 15) is 9.59 Å². The molecule has 29 heavy (non-hydrogen) atoms. The van der Waals surface area contributed by atoms with Crippen molar-refractivity contribution in [3.05, 3.63) is 41.9 Å². The minimum atomic E-state index is -0.112. The van der Waals surface area contributed by atoms with E-state index in [1.54, 1.807) is 17.3 Å². The van der Waals surface area contributed by atoms with Crippen LogP contribution in [0.2, 0.25) is 0 Å². The third-order valence-electron chi connectivity index (χ3n) is 5.99. The predicted octanol–water partition coefficient (Wildman–Crippen LogP) is 1.47. The van der Waals surface area contributed by atoms with Gasteiger partial charge in [-0.2, -0.15) is 0 Å². The number of carbonyl (C=O) groups is 2. The van der Waals surface area contributed by atoms with Gasteiger partial charge in [0.2, 0.25) is 5.91 Å². The summed E-state index contributed by atoms with van der Waals surface area (Å²) in [5.41, 5.74) is 9.51. The van der Waals surface area contributed by atoms with E-state index in [-0.39, 0.29) is 17.9 Å². The third kappa shape index (κ3) is 3.23. The number of amides is 2. The Bertz CT molecular complexity index is 960. The van der Waals surface area contributed by atoms with Crippen LogP contribution in [0, 0.1) is 0 Å². The fourth-order valence-electron chi connectivity index (χ4n) is 4.42. The molecule has 8 heteroatoms. The van der Waals surface area contributed by atoms with E-state index in [4.69, 9.17) is 5.73 Å². The highest BCUT2D eigenvalue weighted by Crippen LogP contribution is 2.36. The molecular formula is C21H24N6O2. The monoisotopic (exact) mass is 392 g/mol. The molecule has 0 saturated carbocycles. The Balaban J connectivity index is 1.34. The molecule has 4 heterocycles. The van der Waals surface area contributed by atoms with Gasteiger partial charge in [-0.05, 0) is 43.0 Å². The van der Waals surface area contributed by atoms with E-state index in [1.807, 2.05) is 11.0 Å². The molecule has 1 unspecified atom stereocenters. The first kappa shape index (κ1) is 18.1. The van der Waals surface area contributed by atoms with Gasteiger partial charge in [-0.3, -0.25) is 9.59 Å². The van der Waals surface area contributed by atoms with Crippen molar-refractivity contribution in [2.45, 2.75) is 31.7 Å². The van der Waals surface area contributed by atoms with E-state index in [0.717, 1.165) is 49.5 Å². The molecule has 0 bridgehead atoms. The molecular weight excluding hydrogens is 368 g/mol. The van der Waals surface area contributed by atoms with Crippen LogP contribution < -0.4 is 15.5 Å². The van der Waals surface area contributed by atoms with Gasteiger partial charge in [0.05, 0.1) is 12.4 Å². The lowest BCUT2D eigenvalue weighted by Gasteiger charge is -2.20. The van der Waals surface area contributed by atoms with Crippen molar-refractivity contribution < 1.29 is 9.59 Å². The molecule has 0 spiro atoms. The second-order valence-corrected chi connectivity index (χ2v) is 7.92. The van der Waals surface area contributed by atoms with Gasteiger partial charge in [0.25, 0.3) is 5.91 Å². The van der Waals surface area contributed by atoms with Crippen LogP contribution in [0.15, 0.2) is 30.6 Å². The molecule has 2 saturated heterocycles. The number of aromatic nitrogens is 2. The maximum absolute atomic E-state index is 12.5. The quantitative estimate of drug-likeness (QED) is 0.850. The van der Waals surface area contributed by atoms with Crippen LogP contribution in [0.3, 0.4) is 0 Å². The first-order chi connectivity index (χ1) is 14.1. The lowest BCUT2D eigenvalue weighted by molar-refractivity contribution is -0.117. The second-order valence-electron chi connectivity index (χ2n) is 7.92. The van der Waals surface area contributed by atoms with E-state index in [0.29, 0.717) is 25.2 Å². The third-order valence-corrected chi connectivity index (χ3v) is 5.99. The number of rotatable bonds is 3. The van der Waals surface area contributed by atoms with E-state index < -0.39 is 0 Å². The molecule has 2 aromatic rings. The number of anilines is 3. The zero-order valence-electron chi connectivity index (χ0n) is 16.3. The van der Waals surface area contributed by atoms with Gasteiger partial charge in [0.1, 0.15) is 5.69 Å². The summed E-state index contributed by atoms with van der Waals surface area (Å²) in [6.07, 6.45) is 6.48. The minimum Gasteiger partial charge on any atom is -0.336 e. The average Bonchev–Trinajstić information content (AvgIpc) is 3.46. The number of nitrogens with two attached hydrogens (primary N) is 1. The number of carbonyl (C=O) groups excluding carboxylic acids is 2. The average molecular weight is 392 g/mol. The second kappa shape index (κ2) is 7.11. The number of hydrogen-bond acceptors (Lipinski definition) is 6. The molecule has 8 nitrogen and oxygen atoms in total. The standard InChI is InChI=1S/C21H24N6O2/c22-15-6-8-25(13-15)21(29)17-11-24-19(12-23-17)27-9-5-14-10-16(3-4-18(14)27)26-7-1-2-20(26)28/h3-4,10-12,15H,1-2,5-9,13,22H2. The van der Waals surface area contributed by atoms with E-state index >= 15 is 0 Å². The summed E-state index contributed by atoms with van der Waals surface area (Å²) in [4.78, 5) is 39.1. The van der Waals surface area contributed by atoms with Crippen molar-refractivity contribution in [3.8, 4) is 0 Å². The first-order valence-corrected chi connectivity index (χ1v) is 10.2. The molecule has 3 aliphatic rings. The summed E-state index contributed by atoms with van der Waals surface area (Å²) in [5.74, 6) is 0.812. The summed E-state index contributed by atoms with van der Waals surface area (Å²) < 4.78 is 0. The molecule has 1 aromatic heterocycles. The van der Waals surface area contributed by atoms with E-state index in [1.165, 1.54) is 5.56 Å². The molecule has 0 radical (unpaired) electrons. The van der Waals surface area contributed by atoms with Gasteiger partial charge in [-0.1, -0.05) is 0 Å². The number of likely N-dealkylation sites (tertiary alicyclic amines) is 1. The Morgan fingerprint density at radius 2 is 1.97 bits per heavy atom. The van der Waals surface area contributed by atoms with Crippen LogP contribution in [0.5, 0.6) is 0 Å². The zero-order valence-corrected chi connectivity index (χ0v) is 16.3. The molecule has 2 fully saturated rings. The van der Waals surface area contributed by atoms with Gasteiger partial charge in [0.15, 0.2) is 5.82 Å². The summed E-state index contributed by atoms with van der Waals surface area (Å²) >= 11 is 0. The highest BCUT2D eigenvalue weighted by Gasteiger charge is 2.28. The highest BCUT2D eigenvalue weighted by molar-refractivity contribution is 5.96. The largest absolute Gasteiger partial charge is 0.336 e. The smallest absolute Gasteiger partial charge is 0.274 e. The summed E-state index contributed by atoms with van der Waals surface area (Å²) in [5, 5.41) is 0. The Morgan fingerprint density at radius 1 is 1.07 bits per heavy atom. The molecule has 1 aromatic carbocycles. The minimum absolute atomic E-state index is 0.0491. The lowest BCUT2D eigenvalue weighted by atomic mass is 10.1. The van der Waals surface area contributed by atoms with Crippen LogP contribution in [0.4, 0.5) is 17.2 Å². The normalized spacial score (nSPS) is 21.2. The summed E-state index contributed by atoms with van der Waals surface area (Å²) in [6.45, 7) is 2.84. The first-order valence-electron chi connectivity index (χ1n) is 10.2. The van der Waals surface area contributed by atoms with Crippen LogP contribution >= 0.6 is 0 Å². The van der Waals surface area contributed by atoms with Gasteiger partial charge < -0.3 is 20.4 Å². The van der Waals surface area contributed by atoms with Gasteiger partial charge in [-0.25, -0.2) is 9.97 Å². The van der Waals surface area contributed by atoms with Crippen LogP contribution in [0.25, 0.3) is 0 Å². The van der Waals surface area contributed by atoms with E-state index in [2.05, 4.69) is 27.0 Å². The molecule has 0 aliphatic carbocycles. The fourth-order valence-corrected chi connectivity index (χ4v) is 4.42. The Morgan fingerprint density at radius 3 is 2.66 bits per heavy atom. The number of fused-ring (bicyclic) bond motifs is 1. The predicted molar refractivity (Wildman–Crippen MR) is 109 cm³/mol. The van der Waals surface area contributed by atoms with Crippen molar-refractivity contribution in [1.82, 2.24) is 14.9 Å². The van der Waals surface area contributed by atoms with Crippen LogP contribution in [-0.4, -0.2) is 58.9 Å². The van der Waals surface area contributed by atoms with Gasteiger partial charge in [0, 0.05) is 50.0 Å². The van der Waals surface area contributed by atoms with Gasteiger partial charge >= 0.3 is 0 Å². The summed E-state index contributed by atoms with van der Waals surface area (Å²) in [6, 6.07) is 6.21. The molecule has 2 N–H and O–H groups in total. The van der Waals surface area contributed by atoms with Crippen LogP contribution in [-0.2, 0) is 11.2 Å². The zero-order chi connectivity index (χ0) is 20.0. The van der Waals surface area contributed by atoms with Crippen molar-refractivity contribution >= 4 is 29.0 Å². The van der Waals surface area contributed by atoms with Crippen molar-refractivity contribution in [1.29, 1.82) is 0 Å². The topological polar surface area (TPSA) is 95.7 Å². The maximum atomic E-state index is 12.5. The number of hydrogen-bond donors (Lipinski definition) is 1. The van der Waals surface area contributed by atoms with Crippen molar-refractivity contribution in [2.24, 2.45) is 5.73 Å². The highest BCUT2D eigenvalue weighted by atomic mass is 16.2. The van der Waals surface area contributed by atoms with Crippen molar-refractivity contribution in [3.63, 3.8) is 0 Å². The molecule has 3 aliphatic heterocycles. The Hall–Kier alpha value is -3.00. The maximum Gasteiger partial charge on any atom is 0.274 e. The molecule has 5 rings (SSSR count). The number of benzene rings is 1.